The van der Waals surface area contributed by atoms with Crippen LogP contribution in [-0.2, 0) is 11.3 Å². The molecule has 5 rings (SSSR count). The van der Waals surface area contributed by atoms with E-state index in [0.29, 0.717) is 12.0 Å². The van der Waals surface area contributed by atoms with Crippen LogP contribution in [0.1, 0.15) is 26.1 Å². The Bertz CT molecular complexity index is 1030. The average Bonchev–Trinajstić information content (AvgIpc) is 3.46. The molecule has 0 bridgehead atoms. The molecule has 2 saturated heterocycles. The second kappa shape index (κ2) is 9.83. The van der Waals surface area contributed by atoms with Gasteiger partial charge < -0.3 is 15.0 Å². The minimum atomic E-state index is 0.618. The largest absolute Gasteiger partial charge is 0.379 e. The fourth-order valence-corrected chi connectivity index (χ4v) is 5.68. The lowest BCUT2D eigenvalue weighted by molar-refractivity contribution is 0.0331. The van der Waals surface area contributed by atoms with Gasteiger partial charge in [-0.1, -0.05) is 30.3 Å². The molecule has 0 amide bonds. The Kier molecular flexibility index (Phi) is 6.69. The highest BCUT2D eigenvalue weighted by Gasteiger charge is 2.25. The van der Waals surface area contributed by atoms with E-state index in [4.69, 9.17) is 14.7 Å². The summed E-state index contributed by atoms with van der Waals surface area (Å²) in [7, 11) is 0. The lowest BCUT2D eigenvalue weighted by Crippen LogP contribution is -2.36. The Hall–Kier alpha value is -2.06. The normalized spacial score (nSPS) is 20.4. The molecule has 0 radical (unpaired) electrons. The Labute approximate surface area is 194 Å². The van der Waals surface area contributed by atoms with E-state index in [1.165, 1.54) is 24.1 Å². The summed E-state index contributed by atoms with van der Waals surface area (Å²) in [5.41, 5.74) is 2.44. The summed E-state index contributed by atoms with van der Waals surface area (Å²) in [5.74, 6) is 2.55. The highest BCUT2D eigenvalue weighted by Crippen LogP contribution is 2.37. The van der Waals surface area contributed by atoms with Crippen molar-refractivity contribution in [1.29, 1.82) is 0 Å². The topological polar surface area (TPSA) is 53.5 Å². The number of ether oxygens (including phenoxy) is 1. The number of morpholine rings is 1. The molecule has 0 unspecified atom stereocenters. The van der Waals surface area contributed by atoms with Crippen molar-refractivity contribution in [2.75, 3.05) is 51.3 Å². The van der Waals surface area contributed by atoms with Crippen molar-refractivity contribution in [3.05, 3.63) is 41.5 Å². The van der Waals surface area contributed by atoms with Gasteiger partial charge in [-0.2, -0.15) is 0 Å². The molecule has 0 spiro atoms. The molecule has 2 aliphatic rings. The van der Waals surface area contributed by atoms with Gasteiger partial charge in [-0.15, -0.1) is 11.3 Å². The summed E-state index contributed by atoms with van der Waals surface area (Å²) < 4.78 is 5.51. The molecule has 7 heteroatoms. The number of aromatic nitrogens is 2. The van der Waals surface area contributed by atoms with Crippen LogP contribution >= 0.6 is 11.3 Å². The minimum absolute atomic E-state index is 0.618. The van der Waals surface area contributed by atoms with Crippen molar-refractivity contribution in [2.45, 2.75) is 32.9 Å². The number of anilines is 1. The number of fused-ring (bicyclic) bond motifs is 1. The number of benzene rings is 1. The fraction of sp³-hybridized carbons (Fsp3) is 0.520. The maximum atomic E-state index is 5.51. The molecule has 32 heavy (non-hydrogen) atoms. The van der Waals surface area contributed by atoms with Crippen LogP contribution in [0.5, 0.6) is 0 Å². The quantitative estimate of drug-likeness (QED) is 0.577. The number of hydrogen-bond acceptors (Lipinski definition) is 7. The second-order valence-electron chi connectivity index (χ2n) is 9.20. The van der Waals surface area contributed by atoms with Crippen LogP contribution in [0.15, 0.2) is 35.7 Å². The summed E-state index contributed by atoms with van der Waals surface area (Å²) >= 11 is 1.72. The van der Waals surface area contributed by atoms with Gasteiger partial charge in [-0.25, -0.2) is 9.97 Å². The van der Waals surface area contributed by atoms with Crippen LogP contribution in [0.4, 0.5) is 5.82 Å². The zero-order chi connectivity index (χ0) is 21.9. The summed E-state index contributed by atoms with van der Waals surface area (Å²) in [6, 6.07) is 11.2. The van der Waals surface area contributed by atoms with Crippen molar-refractivity contribution in [3.63, 3.8) is 0 Å². The summed E-state index contributed by atoms with van der Waals surface area (Å²) in [4.78, 5) is 16.1. The molecule has 1 N–H and O–H groups in total. The Balaban J connectivity index is 1.43. The number of likely N-dealkylation sites (tertiary alicyclic amines) is 1. The fourth-order valence-electron chi connectivity index (χ4n) is 4.71. The zero-order valence-corrected chi connectivity index (χ0v) is 19.9. The third-order valence-electron chi connectivity index (χ3n) is 6.64. The Morgan fingerprint density at radius 1 is 1.12 bits per heavy atom. The highest BCUT2D eigenvalue weighted by atomic mass is 32.1. The van der Waals surface area contributed by atoms with Crippen LogP contribution in [0.3, 0.4) is 0 Å². The molecule has 3 aromatic rings. The van der Waals surface area contributed by atoms with Crippen LogP contribution in [-0.4, -0.2) is 71.7 Å². The molecule has 0 aliphatic carbocycles. The van der Waals surface area contributed by atoms with Crippen molar-refractivity contribution >= 4 is 27.4 Å². The van der Waals surface area contributed by atoms with E-state index in [1.807, 2.05) is 0 Å². The zero-order valence-electron chi connectivity index (χ0n) is 19.1. The van der Waals surface area contributed by atoms with Crippen LogP contribution < -0.4 is 5.32 Å². The first-order valence-corrected chi connectivity index (χ1v) is 12.7. The van der Waals surface area contributed by atoms with E-state index < -0.39 is 0 Å². The Morgan fingerprint density at radius 2 is 1.94 bits per heavy atom. The van der Waals surface area contributed by atoms with Crippen LogP contribution in [0.2, 0.25) is 0 Å². The number of nitrogens with zero attached hydrogens (tertiary/aromatic N) is 4. The van der Waals surface area contributed by atoms with Gasteiger partial charge in [-0.3, -0.25) is 4.90 Å². The smallest absolute Gasteiger partial charge is 0.146 e. The number of thiophene rings is 1. The van der Waals surface area contributed by atoms with Crippen molar-refractivity contribution in [2.24, 2.45) is 5.92 Å². The predicted molar refractivity (Wildman–Crippen MR) is 132 cm³/mol. The number of nitrogens with one attached hydrogen (secondary N) is 1. The molecule has 2 aromatic heterocycles. The molecule has 0 saturated carbocycles. The molecule has 6 nitrogen and oxygen atoms in total. The molecule has 2 fully saturated rings. The van der Waals surface area contributed by atoms with Gasteiger partial charge in [0.15, 0.2) is 0 Å². The third kappa shape index (κ3) is 4.81. The summed E-state index contributed by atoms with van der Waals surface area (Å²) in [6.45, 7) is 12.1. The average molecular weight is 452 g/mol. The van der Waals surface area contributed by atoms with Gasteiger partial charge in [-0.05, 0) is 38.3 Å². The van der Waals surface area contributed by atoms with E-state index in [2.05, 4.69) is 64.7 Å². The van der Waals surface area contributed by atoms with Gasteiger partial charge in [0.1, 0.15) is 16.5 Å². The molecule has 170 valence electrons. The van der Waals surface area contributed by atoms with Gasteiger partial charge in [0.05, 0.1) is 25.1 Å². The minimum Gasteiger partial charge on any atom is -0.379 e. The van der Waals surface area contributed by atoms with Crippen LogP contribution in [0.25, 0.3) is 21.3 Å². The van der Waals surface area contributed by atoms with Crippen molar-refractivity contribution in [1.82, 2.24) is 19.8 Å². The van der Waals surface area contributed by atoms with Crippen molar-refractivity contribution < 1.29 is 4.74 Å². The standard InChI is InChI=1S/C25H33N5OS/c1-18(2)30-9-8-19(15-30)14-26-24-23-21(20-6-4-3-5-7-20)17-32-25(23)28-22(27-24)16-29-10-12-31-13-11-29/h3-7,17-19H,8-16H2,1-2H3,(H,26,27,28)/t19-/m0/s1. The van der Waals surface area contributed by atoms with Gasteiger partial charge in [0.2, 0.25) is 0 Å². The monoisotopic (exact) mass is 451 g/mol. The molecule has 1 aromatic carbocycles. The summed E-state index contributed by atoms with van der Waals surface area (Å²) in [5, 5.41) is 7.14. The van der Waals surface area contributed by atoms with E-state index in [1.54, 1.807) is 11.3 Å². The molecule has 4 heterocycles. The molecular weight excluding hydrogens is 418 g/mol. The van der Waals surface area contributed by atoms with Crippen molar-refractivity contribution in [3.8, 4) is 11.1 Å². The molecule has 2 aliphatic heterocycles. The van der Waals surface area contributed by atoms with Crippen LogP contribution in [0, 0.1) is 5.92 Å². The first-order chi connectivity index (χ1) is 15.7. The van der Waals surface area contributed by atoms with Gasteiger partial charge in [0.25, 0.3) is 0 Å². The lowest BCUT2D eigenvalue weighted by atomic mass is 10.1. The number of hydrogen-bond donors (Lipinski definition) is 1. The number of rotatable bonds is 7. The van der Waals surface area contributed by atoms with E-state index in [0.717, 1.165) is 67.8 Å². The van der Waals surface area contributed by atoms with Gasteiger partial charge in [0, 0.05) is 43.2 Å². The van der Waals surface area contributed by atoms with E-state index in [9.17, 15) is 0 Å². The first kappa shape index (κ1) is 21.8. The highest BCUT2D eigenvalue weighted by molar-refractivity contribution is 7.17. The van der Waals surface area contributed by atoms with Gasteiger partial charge >= 0.3 is 0 Å². The molecular formula is C25H33N5OS. The SMILES string of the molecule is CC(C)N1CC[C@@H](CNc2nc(CN3CCOCC3)nc3scc(-c4ccccc4)c23)C1. The summed E-state index contributed by atoms with van der Waals surface area (Å²) in [6.07, 6.45) is 1.25. The Morgan fingerprint density at radius 3 is 2.69 bits per heavy atom. The maximum Gasteiger partial charge on any atom is 0.146 e. The molecule has 1 atom stereocenters. The van der Waals surface area contributed by atoms with E-state index >= 15 is 0 Å². The second-order valence-corrected chi connectivity index (χ2v) is 10.1. The third-order valence-corrected chi connectivity index (χ3v) is 7.51. The first-order valence-electron chi connectivity index (χ1n) is 11.8. The maximum absolute atomic E-state index is 5.51. The van der Waals surface area contributed by atoms with E-state index in [-0.39, 0.29) is 0 Å². The lowest BCUT2D eigenvalue weighted by Gasteiger charge is -2.26. The predicted octanol–water partition coefficient (Wildman–Crippen LogP) is 4.33.